The van der Waals surface area contributed by atoms with E-state index in [2.05, 4.69) is 5.32 Å². The van der Waals surface area contributed by atoms with Gasteiger partial charge in [0, 0.05) is 19.0 Å². The van der Waals surface area contributed by atoms with Gasteiger partial charge < -0.3 is 5.32 Å². The van der Waals surface area contributed by atoms with Crippen molar-refractivity contribution in [3.8, 4) is 6.07 Å². The van der Waals surface area contributed by atoms with E-state index in [1.165, 1.54) is 10.4 Å². The topological polar surface area (TPSA) is 90.3 Å². The lowest BCUT2D eigenvalue weighted by molar-refractivity contribution is -0.120. The fourth-order valence-corrected chi connectivity index (χ4v) is 5.95. The molecule has 6 nitrogen and oxygen atoms in total. The van der Waals surface area contributed by atoms with E-state index in [-0.39, 0.29) is 29.1 Å². The number of nitrogens with zero attached hydrogens (tertiary/aromatic N) is 2. The number of halogens is 1. The molecule has 0 atom stereocenters. The highest BCUT2D eigenvalue weighted by molar-refractivity contribution is 7.91. The highest BCUT2D eigenvalue weighted by Gasteiger charge is 2.33. The summed E-state index contributed by atoms with van der Waals surface area (Å²) in [5.74, 6) is -0.482. The average molecular weight is 410 g/mol. The van der Waals surface area contributed by atoms with Crippen LogP contribution >= 0.6 is 22.9 Å². The number of para-hydroxylation sites is 1. The van der Waals surface area contributed by atoms with Gasteiger partial charge in [0.2, 0.25) is 5.91 Å². The summed E-state index contributed by atoms with van der Waals surface area (Å²) >= 11 is 6.86. The van der Waals surface area contributed by atoms with Crippen LogP contribution in [0.15, 0.2) is 40.6 Å². The first-order chi connectivity index (χ1) is 12.4. The van der Waals surface area contributed by atoms with E-state index in [1.807, 2.05) is 6.07 Å². The highest BCUT2D eigenvalue weighted by atomic mass is 35.5. The number of piperidine rings is 1. The third kappa shape index (κ3) is 3.91. The van der Waals surface area contributed by atoms with Gasteiger partial charge >= 0.3 is 0 Å². The number of rotatable bonds is 4. The Bertz CT molecular complexity index is 958. The van der Waals surface area contributed by atoms with E-state index in [4.69, 9.17) is 16.9 Å². The second kappa shape index (κ2) is 7.76. The fourth-order valence-electron chi connectivity index (χ4n) is 2.85. The lowest BCUT2D eigenvalue weighted by Gasteiger charge is -2.30. The molecule has 1 aromatic carbocycles. The highest BCUT2D eigenvalue weighted by Crippen LogP contribution is 2.31. The molecule has 136 valence electrons. The second-order valence-corrected chi connectivity index (χ2v) is 9.76. The first-order valence-corrected chi connectivity index (χ1v) is 10.6. The molecule has 2 heterocycles. The molecule has 1 aliphatic heterocycles. The van der Waals surface area contributed by atoms with Crippen molar-refractivity contribution in [1.82, 2.24) is 4.31 Å². The van der Waals surface area contributed by atoms with Gasteiger partial charge in [0.15, 0.2) is 0 Å². The second-order valence-electron chi connectivity index (χ2n) is 5.88. The number of benzene rings is 1. The zero-order chi connectivity index (χ0) is 18.7. The molecule has 1 amide bonds. The smallest absolute Gasteiger partial charge is 0.252 e. The number of nitrogens with one attached hydrogen (secondary N) is 1. The van der Waals surface area contributed by atoms with Crippen molar-refractivity contribution in [3.05, 3.63) is 46.3 Å². The Labute approximate surface area is 161 Å². The summed E-state index contributed by atoms with van der Waals surface area (Å²) in [5, 5.41) is 11.9. The average Bonchev–Trinajstić information content (AvgIpc) is 3.09. The maximum atomic E-state index is 12.6. The van der Waals surface area contributed by atoms with Gasteiger partial charge in [-0.05, 0) is 37.1 Å². The molecule has 1 aromatic heterocycles. The van der Waals surface area contributed by atoms with Crippen LogP contribution < -0.4 is 5.32 Å². The van der Waals surface area contributed by atoms with E-state index in [1.54, 1.807) is 30.3 Å². The van der Waals surface area contributed by atoms with Gasteiger partial charge in [0.25, 0.3) is 10.0 Å². The number of anilines is 1. The van der Waals surface area contributed by atoms with Gasteiger partial charge in [-0.1, -0.05) is 23.7 Å². The molecule has 26 heavy (non-hydrogen) atoms. The molecule has 0 spiro atoms. The molecule has 0 saturated carbocycles. The molecular formula is C17H16ClN3O3S2. The predicted molar refractivity (Wildman–Crippen MR) is 101 cm³/mol. The van der Waals surface area contributed by atoms with Crippen LogP contribution in [-0.2, 0) is 14.8 Å². The molecule has 9 heteroatoms. The number of hydrogen-bond acceptors (Lipinski definition) is 5. The van der Waals surface area contributed by atoms with Gasteiger partial charge in [0.1, 0.15) is 10.3 Å². The number of amides is 1. The van der Waals surface area contributed by atoms with Crippen LogP contribution in [0, 0.1) is 17.2 Å². The third-order valence-corrected chi connectivity index (χ3v) is 7.87. The van der Waals surface area contributed by atoms with Crippen LogP contribution in [-0.4, -0.2) is 31.7 Å². The molecule has 0 bridgehead atoms. The van der Waals surface area contributed by atoms with Crippen molar-refractivity contribution < 1.29 is 13.2 Å². The summed E-state index contributed by atoms with van der Waals surface area (Å²) in [4.78, 5) is 12.5. The standard InChI is InChI=1S/C17H16ClN3O3S2/c18-15-5-6-16(25-15)26(23,24)21-9-7-12(8-10-21)17(22)20-14-4-2-1-3-13(14)11-19/h1-6,12H,7-10H2,(H,20,22). The number of carbonyl (C=O) groups is 1. The Kier molecular flexibility index (Phi) is 5.63. The van der Waals surface area contributed by atoms with Crippen molar-refractivity contribution in [2.75, 3.05) is 18.4 Å². The Morgan fingerprint density at radius 3 is 2.54 bits per heavy atom. The third-order valence-electron chi connectivity index (χ3n) is 4.27. The molecule has 1 aliphatic rings. The molecule has 1 fully saturated rings. The number of carbonyl (C=O) groups excluding carboxylic acids is 1. The lowest BCUT2D eigenvalue weighted by Crippen LogP contribution is -2.41. The number of hydrogen-bond donors (Lipinski definition) is 1. The van der Waals surface area contributed by atoms with Crippen molar-refractivity contribution in [1.29, 1.82) is 5.26 Å². The van der Waals surface area contributed by atoms with E-state index < -0.39 is 10.0 Å². The number of thiophene rings is 1. The number of nitriles is 1. The van der Waals surface area contributed by atoms with Crippen molar-refractivity contribution in [2.45, 2.75) is 17.1 Å². The molecule has 3 rings (SSSR count). The Hall–Kier alpha value is -1.92. The minimum atomic E-state index is -3.57. The minimum Gasteiger partial charge on any atom is -0.325 e. The molecule has 0 radical (unpaired) electrons. The van der Waals surface area contributed by atoms with Crippen molar-refractivity contribution >= 4 is 44.6 Å². The summed E-state index contributed by atoms with van der Waals surface area (Å²) in [5.41, 5.74) is 0.874. The van der Waals surface area contributed by atoms with Gasteiger partial charge in [-0.15, -0.1) is 11.3 Å². The van der Waals surface area contributed by atoms with Gasteiger partial charge in [-0.25, -0.2) is 8.42 Å². The summed E-state index contributed by atoms with van der Waals surface area (Å²) < 4.78 is 27.2. The maximum absolute atomic E-state index is 12.6. The van der Waals surface area contributed by atoms with Gasteiger partial charge in [-0.3, -0.25) is 4.79 Å². The lowest BCUT2D eigenvalue weighted by atomic mass is 9.97. The van der Waals surface area contributed by atoms with Crippen molar-refractivity contribution in [2.24, 2.45) is 5.92 Å². The first-order valence-electron chi connectivity index (χ1n) is 7.97. The summed E-state index contributed by atoms with van der Waals surface area (Å²) in [6.45, 7) is 0.547. The SMILES string of the molecule is N#Cc1ccccc1NC(=O)C1CCN(S(=O)(=O)c2ccc(Cl)s2)CC1. The van der Waals surface area contributed by atoms with Gasteiger partial charge in [0.05, 0.1) is 15.6 Å². The molecule has 1 N–H and O–H groups in total. The predicted octanol–water partition coefficient (Wildman–Crippen LogP) is 3.31. The fraction of sp³-hybridized carbons (Fsp3) is 0.294. The Balaban J connectivity index is 1.63. The van der Waals surface area contributed by atoms with Crippen LogP contribution in [0.1, 0.15) is 18.4 Å². The largest absolute Gasteiger partial charge is 0.325 e. The summed E-state index contributed by atoms with van der Waals surface area (Å²) in [6.07, 6.45) is 0.859. The van der Waals surface area contributed by atoms with E-state index in [0.717, 1.165) is 11.3 Å². The zero-order valence-electron chi connectivity index (χ0n) is 13.7. The van der Waals surface area contributed by atoms with Crippen LogP contribution in [0.5, 0.6) is 0 Å². The van der Waals surface area contributed by atoms with Crippen LogP contribution in [0.3, 0.4) is 0 Å². The molecule has 0 aliphatic carbocycles. The van der Waals surface area contributed by atoms with Crippen molar-refractivity contribution in [3.63, 3.8) is 0 Å². The van der Waals surface area contributed by atoms with Crippen LogP contribution in [0.4, 0.5) is 5.69 Å². The van der Waals surface area contributed by atoms with E-state index in [9.17, 15) is 13.2 Å². The van der Waals surface area contributed by atoms with Crippen LogP contribution in [0.2, 0.25) is 4.34 Å². The normalized spacial score (nSPS) is 16.2. The minimum absolute atomic E-state index is 0.191. The Morgan fingerprint density at radius 2 is 1.92 bits per heavy atom. The maximum Gasteiger partial charge on any atom is 0.252 e. The summed E-state index contributed by atoms with van der Waals surface area (Å²) in [6, 6.07) is 11.9. The van der Waals surface area contributed by atoms with E-state index in [0.29, 0.717) is 28.4 Å². The molecule has 1 saturated heterocycles. The quantitative estimate of drug-likeness (QED) is 0.838. The zero-order valence-corrected chi connectivity index (χ0v) is 16.1. The van der Waals surface area contributed by atoms with Gasteiger partial charge in [-0.2, -0.15) is 9.57 Å². The van der Waals surface area contributed by atoms with Crippen LogP contribution in [0.25, 0.3) is 0 Å². The molecule has 2 aromatic rings. The number of sulfonamides is 1. The Morgan fingerprint density at radius 1 is 1.23 bits per heavy atom. The monoisotopic (exact) mass is 409 g/mol. The van der Waals surface area contributed by atoms with E-state index >= 15 is 0 Å². The molecular weight excluding hydrogens is 394 g/mol. The summed E-state index contributed by atoms with van der Waals surface area (Å²) in [7, 11) is -3.57. The first kappa shape index (κ1) is 18.9. The molecule has 0 unspecified atom stereocenters.